The first-order valence-electron chi connectivity index (χ1n) is 6.61. The van der Waals surface area contributed by atoms with Gasteiger partial charge in [0.1, 0.15) is 0 Å². The fourth-order valence-electron chi connectivity index (χ4n) is 1.80. The average molecular weight is 333 g/mol. The zero-order valence-corrected chi connectivity index (χ0v) is 13.3. The largest absolute Gasteiger partial charge is 0.478 e. The van der Waals surface area contributed by atoms with Crippen molar-refractivity contribution in [1.29, 1.82) is 0 Å². The van der Waals surface area contributed by atoms with Gasteiger partial charge in [-0.25, -0.2) is 9.63 Å². The molecule has 2 N–H and O–H groups in total. The number of carbonyl (C=O) groups is 1. The number of carboxylic acids is 1. The van der Waals surface area contributed by atoms with Crippen molar-refractivity contribution in [3.8, 4) is 0 Å². The molecule has 0 saturated carbocycles. The Morgan fingerprint density at radius 1 is 1.26 bits per heavy atom. The number of hydrogen-bond donors (Lipinski definition) is 2. The summed E-state index contributed by atoms with van der Waals surface area (Å²) < 4.78 is 24.0. The minimum Gasteiger partial charge on any atom is -0.478 e. The van der Waals surface area contributed by atoms with Crippen molar-refractivity contribution in [3.63, 3.8) is 0 Å². The maximum absolute atomic E-state index is 12.0. The molecule has 0 aliphatic heterocycles. The van der Waals surface area contributed by atoms with Crippen molar-refractivity contribution in [2.45, 2.75) is 18.7 Å². The highest BCUT2D eigenvalue weighted by Crippen LogP contribution is 2.10. The third-order valence-corrected chi connectivity index (χ3v) is 4.30. The van der Waals surface area contributed by atoms with Gasteiger partial charge in [-0.15, -0.1) is 0 Å². The molecular weight excluding hydrogens is 318 g/mol. The Morgan fingerprint density at radius 2 is 1.91 bits per heavy atom. The second-order valence-corrected chi connectivity index (χ2v) is 6.56. The second kappa shape index (κ2) is 6.57. The summed E-state index contributed by atoms with van der Waals surface area (Å²) in [6.45, 7) is 3.48. The minimum atomic E-state index is -3.75. The van der Waals surface area contributed by atoms with Crippen molar-refractivity contribution < 1.29 is 18.3 Å². The van der Waals surface area contributed by atoms with E-state index >= 15 is 0 Å². The van der Waals surface area contributed by atoms with E-state index in [-0.39, 0.29) is 10.5 Å². The number of aryl methyl sites for hydroxylation is 2. The first-order chi connectivity index (χ1) is 10.8. The SMILES string of the molecule is Cc1ccc(S(=O)(=O)N/N=C/c2cc(C)c(C(=O)O)cn2)cc1. The average Bonchev–Trinajstić information content (AvgIpc) is 2.47. The van der Waals surface area contributed by atoms with Crippen LogP contribution in [0.1, 0.15) is 27.2 Å². The van der Waals surface area contributed by atoms with Crippen LogP contribution in [0.3, 0.4) is 0 Å². The van der Waals surface area contributed by atoms with Crippen molar-refractivity contribution >= 4 is 22.2 Å². The normalized spacial score (nSPS) is 11.6. The van der Waals surface area contributed by atoms with Gasteiger partial charge in [0, 0.05) is 6.20 Å². The highest BCUT2D eigenvalue weighted by atomic mass is 32.2. The molecule has 0 aliphatic carbocycles. The lowest BCUT2D eigenvalue weighted by Crippen LogP contribution is -2.18. The van der Waals surface area contributed by atoms with Crippen LogP contribution in [0.15, 0.2) is 46.5 Å². The third kappa shape index (κ3) is 4.13. The zero-order valence-electron chi connectivity index (χ0n) is 12.5. The summed E-state index contributed by atoms with van der Waals surface area (Å²) in [5.41, 5.74) is 1.89. The van der Waals surface area contributed by atoms with Gasteiger partial charge in [0.2, 0.25) is 0 Å². The topological polar surface area (TPSA) is 109 Å². The van der Waals surface area contributed by atoms with E-state index in [4.69, 9.17) is 5.11 Å². The summed E-state index contributed by atoms with van der Waals surface area (Å²) in [7, 11) is -3.75. The van der Waals surface area contributed by atoms with Crippen LogP contribution in [0.25, 0.3) is 0 Å². The number of nitrogens with one attached hydrogen (secondary N) is 1. The Bertz CT molecular complexity index is 859. The molecule has 1 heterocycles. The summed E-state index contributed by atoms with van der Waals surface area (Å²) in [6, 6.07) is 7.85. The van der Waals surface area contributed by atoms with Crippen molar-refractivity contribution in [3.05, 3.63) is 58.9 Å². The van der Waals surface area contributed by atoms with Gasteiger partial charge in [-0.2, -0.15) is 13.5 Å². The molecule has 0 fully saturated rings. The van der Waals surface area contributed by atoms with Crippen LogP contribution in [0.5, 0.6) is 0 Å². The Kier molecular flexibility index (Phi) is 4.75. The van der Waals surface area contributed by atoms with Crippen molar-refractivity contribution in [1.82, 2.24) is 9.82 Å². The fraction of sp³-hybridized carbons (Fsp3) is 0.133. The van der Waals surface area contributed by atoms with E-state index in [9.17, 15) is 13.2 Å². The lowest BCUT2D eigenvalue weighted by molar-refractivity contribution is 0.0695. The molecule has 120 valence electrons. The summed E-state index contributed by atoms with van der Waals surface area (Å²) >= 11 is 0. The molecule has 0 radical (unpaired) electrons. The predicted molar refractivity (Wildman–Crippen MR) is 85.0 cm³/mol. The van der Waals surface area contributed by atoms with Crippen LogP contribution in [0.2, 0.25) is 0 Å². The van der Waals surface area contributed by atoms with Gasteiger partial charge in [0.25, 0.3) is 10.0 Å². The first kappa shape index (κ1) is 16.6. The van der Waals surface area contributed by atoms with Crippen LogP contribution in [-0.4, -0.2) is 30.7 Å². The molecule has 0 saturated heterocycles. The summed E-state index contributed by atoms with van der Waals surface area (Å²) in [5, 5.41) is 12.6. The zero-order chi connectivity index (χ0) is 17.0. The molecule has 23 heavy (non-hydrogen) atoms. The van der Waals surface area contributed by atoms with Gasteiger partial charge in [0.15, 0.2) is 0 Å². The Hall–Kier alpha value is -2.74. The molecule has 1 aromatic heterocycles. The molecule has 2 rings (SSSR count). The minimum absolute atomic E-state index is 0.0855. The van der Waals surface area contributed by atoms with Crippen LogP contribution in [0.4, 0.5) is 0 Å². The molecule has 0 bridgehead atoms. The number of aromatic nitrogens is 1. The van der Waals surface area contributed by atoms with Crippen LogP contribution in [0, 0.1) is 13.8 Å². The van der Waals surface area contributed by atoms with E-state index in [0.717, 1.165) is 5.56 Å². The maximum Gasteiger partial charge on any atom is 0.337 e. The van der Waals surface area contributed by atoms with E-state index in [1.54, 1.807) is 19.1 Å². The monoisotopic (exact) mass is 333 g/mol. The lowest BCUT2D eigenvalue weighted by Gasteiger charge is -2.04. The first-order valence-corrected chi connectivity index (χ1v) is 8.09. The van der Waals surface area contributed by atoms with E-state index in [0.29, 0.717) is 11.3 Å². The van der Waals surface area contributed by atoms with Gasteiger partial charge in [-0.3, -0.25) is 4.98 Å². The third-order valence-electron chi connectivity index (χ3n) is 3.06. The van der Waals surface area contributed by atoms with Crippen LogP contribution < -0.4 is 4.83 Å². The smallest absolute Gasteiger partial charge is 0.337 e. The number of nitrogens with zero attached hydrogens (tertiary/aromatic N) is 2. The lowest BCUT2D eigenvalue weighted by atomic mass is 10.1. The Balaban J connectivity index is 2.13. The van der Waals surface area contributed by atoms with Gasteiger partial charge in [-0.05, 0) is 37.6 Å². The molecule has 0 atom stereocenters. The number of benzene rings is 1. The van der Waals surface area contributed by atoms with E-state index in [2.05, 4.69) is 14.9 Å². The maximum atomic E-state index is 12.0. The number of pyridine rings is 1. The molecule has 0 aliphatic rings. The van der Waals surface area contributed by atoms with Crippen molar-refractivity contribution in [2.75, 3.05) is 0 Å². The summed E-state index contributed by atoms with van der Waals surface area (Å²) in [4.78, 5) is 17.0. The van der Waals surface area contributed by atoms with Gasteiger partial charge in [-0.1, -0.05) is 17.7 Å². The molecular formula is C15H15N3O4S. The molecule has 2 aromatic rings. The molecule has 8 heteroatoms. The second-order valence-electron chi connectivity index (χ2n) is 4.90. The van der Waals surface area contributed by atoms with Gasteiger partial charge >= 0.3 is 5.97 Å². The van der Waals surface area contributed by atoms with E-state index < -0.39 is 16.0 Å². The Labute approximate surface area is 133 Å². The molecule has 0 amide bonds. The molecule has 7 nitrogen and oxygen atoms in total. The molecule has 0 unspecified atom stereocenters. The summed E-state index contributed by atoms with van der Waals surface area (Å²) in [6.07, 6.45) is 2.41. The Morgan fingerprint density at radius 3 is 2.48 bits per heavy atom. The fourth-order valence-corrected chi connectivity index (χ4v) is 2.60. The van der Waals surface area contributed by atoms with Crippen LogP contribution in [-0.2, 0) is 10.0 Å². The number of sulfonamides is 1. The number of aromatic carboxylic acids is 1. The number of rotatable bonds is 5. The number of hydrazone groups is 1. The van der Waals surface area contributed by atoms with E-state index in [1.165, 1.54) is 30.6 Å². The van der Waals surface area contributed by atoms with Crippen LogP contribution >= 0.6 is 0 Å². The predicted octanol–water partition coefficient (Wildman–Crippen LogP) is 1.71. The molecule has 1 aromatic carbocycles. The number of hydrogen-bond acceptors (Lipinski definition) is 5. The van der Waals surface area contributed by atoms with Gasteiger partial charge in [0.05, 0.1) is 22.4 Å². The summed E-state index contributed by atoms with van der Waals surface area (Å²) in [5.74, 6) is -1.07. The highest BCUT2D eigenvalue weighted by Gasteiger charge is 2.12. The van der Waals surface area contributed by atoms with Gasteiger partial charge < -0.3 is 5.11 Å². The number of carboxylic acid groups (broad SMARTS) is 1. The highest BCUT2D eigenvalue weighted by molar-refractivity contribution is 7.89. The van der Waals surface area contributed by atoms with E-state index in [1.807, 2.05) is 6.92 Å². The standard InChI is InChI=1S/C15H15N3O4S/c1-10-3-5-13(6-4-10)23(21,22)18-17-8-12-7-11(2)14(9-16-12)15(19)20/h3-9,18H,1-2H3,(H,19,20)/b17-8+. The van der Waals surface area contributed by atoms with Crippen molar-refractivity contribution in [2.24, 2.45) is 5.10 Å². The molecule has 0 spiro atoms. The quantitative estimate of drug-likeness (QED) is 0.639.